The number of fused-ring (bicyclic) bond motifs is 2. The predicted octanol–water partition coefficient (Wildman–Crippen LogP) is 2.87. The number of rotatable bonds is 3. The van der Waals surface area contributed by atoms with Crippen LogP contribution in [0.15, 0.2) is 48.5 Å². The van der Waals surface area contributed by atoms with Gasteiger partial charge in [-0.3, -0.25) is 9.59 Å². The summed E-state index contributed by atoms with van der Waals surface area (Å²) in [6.07, 6.45) is 0.639. The first kappa shape index (κ1) is 16.9. The van der Waals surface area contributed by atoms with E-state index in [0.29, 0.717) is 30.3 Å². The summed E-state index contributed by atoms with van der Waals surface area (Å²) in [5.41, 5.74) is 1.33. The van der Waals surface area contributed by atoms with Crippen molar-refractivity contribution >= 4 is 29.1 Å². The summed E-state index contributed by atoms with van der Waals surface area (Å²) in [5, 5.41) is 0.618. The number of anilines is 1. The van der Waals surface area contributed by atoms with Gasteiger partial charge >= 0.3 is 0 Å². The number of likely N-dealkylation sites (tertiary alicyclic amines) is 1. The van der Waals surface area contributed by atoms with Gasteiger partial charge in [0.25, 0.3) is 5.91 Å². The molecule has 134 valence electrons. The van der Waals surface area contributed by atoms with Gasteiger partial charge in [0, 0.05) is 30.8 Å². The lowest BCUT2D eigenvalue weighted by molar-refractivity contribution is -0.132. The molecular formula is C20H19ClN2O3. The molecule has 2 aromatic rings. The predicted molar refractivity (Wildman–Crippen MR) is 99.7 cm³/mol. The van der Waals surface area contributed by atoms with Crippen LogP contribution in [0.2, 0.25) is 5.02 Å². The second-order valence-corrected chi connectivity index (χ2v) is 7.21. The Morgan fingerprint density at radius 2 is 1.92 bits per heavy atom. The third-order valence-corrected chi connectivity index (χ3v) is 5.54. The van der Waals surface area contributed by atoms with Crippen LogP contribution in [0, 0.1) is 0 Å². The normalized spacial score (nSPS) is 21.4. The molecule has 1 unspecified atom stereocenters. The van der Waals surface area contributed by atoms with Gasteiger partial charge in [-0.2, -0.15) is 0 Å². The van der Waals surface area contributed by atoms with Crippen LogP contribution in [0.4, 0.5) is 5.69 Å². The van der Waals surface area contributed by atoms with Crippen LogP contribution >= 0.6 is 11.6 Å². The highest BCUT2D eigenvalue weighted by Crippen LogP contribution is 2.46. The monoisotopic (exact) mass is 370 g/mol. The molecule has 2 aliphatic rings. The molecule has 2 aromatic carbocycles. The van der Waals surface area contributed by atoms with E-state index in [4.69, 9.17) is 16.3 Å². The summed E-state index contributed by atoms with van der Waals surface area (Å²) in [7, 11) is 1.80. The lowest BCUT2D eigenvalue weighted by Gasteiger charge is -2.23. The van der Waals surface area contributed by atoms with Gasteiger partial charge in [0.1, 0.15) is 5.75 Å². The number of amides is 2. The van der Waals surface area contributed by atoms with Gasteiger partial charge in [-0.1, -0.05) is 29.8 Å². The maximum absolute atomic E-state index is 12.9. The molecule has 1 saturated heterocycles. The molecule has 1 atom stereocenters. The van der Waals surface area contributed by atoms with Gasteiger partial charge in [-0.25, -0.2) is 0 Å². The van der Waals surface area contributed by atoms with E-state index in [2.05, 4.69) is 0 Å². The van der Waals surface area contributed by atoms with Gasteiger partial charge in [-0.05, 0) is 42.3 Å². The van der Waals surface area contributed by atoms with Crippen molar-refractivity contribution in [2.75, 3.05) is 31.6 Å². The van der Waals surface area contributed by atoms with Gasteiger partial charge in [0.2, 0.25) is 5.91 Å². The van der Waals surface area contributed by atoms with Crippen LogP contribution in [-0.2, 0) is 15.0 Å². The lowest BCUT2D eigenvalue weighted by Crippen LogP contribution is -2.42. The Morgan fingerprint density at radius 3 is 2.69 bits per heavy atom. The topological polar surface area (TPSA) is 49.9 Å². The van der Waals surface area contributed by atoms with E-state index >= 15 is 0 Å². The second-order valence-electron chi connectivity index (χ2n) is 6.77. The third kappa shape index (κ3) is 2.63. The first-order valence-electron chi connectivity index (χ1n) is 8.55. The molecule has 1 fully saturated rings. The van der Waals surface area contributed by atoms with Crippen molar-refractivity contribution in [3.8, 4) is 5.75 Å². The van der Waals surface area contributed by atoms with Crippen LogP contribution in [0.1, 0.15) is 12.0 Å². The zero-order valence-electron chi connectivity index (χ0n) is 14.4. The van der Waals surface area contributed by atoms with Crippen LogP contribution in [0.3, 0.4) is 0 Å². The molecule has 0 aliphatic carbocycles. The van der Waals surface area contributed by atoms with Gasteiger partial charge < -0.3 is 14.5 Å². The van der Waals surface area contributed by atoms with Crippen molar-refractivity contribution in [2.45, 2.75) is 11.8 Å². The number of hydrogen-bond acceptors (Lipinski definition) is 3. The van der Waals surface area contributed by atoms with Crippen LogP contribution < -0.4 is 9.64 Å². The summed E-state index contributed by atoms with van der Waals surface area (Å²) in [5.74, 6) is 0.544. The zero-order chi connectivity index (χ0) is 18.3. The molecular weight excluding hydrogens is 352 g/mol. The molecule has 2 amide bonds. The van der Waals surface area contributed by atoms with Gasteiger partial charge in [0.15, 0.2) is 6.61 Å². The Kier molecular flexibility index (Phi) is 4.11. The minimum atomic E-state index is -0.624. The molecule has 0 aromatic heterocycles. The quantitative estimate of drug-likeness (QED) is 0.834. The molecule has 2 heterocycles. The van der Waals surface area contributed by atoms with Gasteiger partial charge in [0.05, 0.1) is 5.41 Å². The molecule has 0 N–H and O–H groups in total. The molecule has 0 radical (unpaired) electrons. The fraction of sp³-hybridized carbons (Fsp3) is 0.300. The van der Waals surface area contributed by atoms with Crippen molar-refractivity contribution in [2.24, 2.45) is 0 Å². The number of carbonyl (C=O) groups is 2. The number of halogens is 1. The fourth-order valence-electron chi connectivity index (χ4n) is 3.90. The molecule has 0 saturated carbocycles. The smallest absolute Gasteiger partial charge is 0.260 e. The molecule has 6 heteroatoms. The van der Waals surface area contributed by atoms with Crippen molar-refractivity contribution in [1.29, 1.82) is 0 Å². The first-order valence-corrected chi connectivity index (χ1v) is 8.93. The summed E-state index contributed by atoms with van der Waals surface area (Å²) >= 11 is 5.85. The van der Waals surface area contributed by atoms with Crippen molar-refractivity contribution < 1.29 is 14.3 Å². The van der Waals surface area contributed by atoms with E-state index in [9.17, 15) is 9.59 Å². The minimum Gasteiger partial charge on any atom is -0.484 e. The molecule has 2 aliphatic heterocycles. The Balaban J connectivity index is 1.47. The highest BCUT2D eigenvalue weighted by molar-refractivity contribution is 6.30. The summed E-state index contributed by atoms with van der Waals surface area (Å²) in [6.45, 7) is 0.899. The summed E-state index contributed by atoms with van der Waals surface area (Å²) in [6, 6.07) is 14.7. The highest BCUT2D eigenvalue weighted by atomic mass is 35.5. The van der Waals surface area contributed by atoms with E-state index in [-0.39, 0.29) is 18.4 Å². The van der Waals surface area contributed by atoms with Gasteiger partial charge in [-0.15, -0.1) is 0 Å². The number of likely N-dealkylation sites (N-methyl/N-ethyl adjacent to an activating group) is 1. The number of benzene rings is 2. The van der Waals surface area contributed by atoms with Crippen molar-refractivity contribution in [3.05, 3.63) is 59.1 Å². The number of ether oxygens (including phenoxy) is 1. The Hall–Kier alpha value is -2.53. The number of nitrogens with zero attached hydrogens (tertiary/aromatic N) is 2. The number of para-hydroxylation sites is 1. The maximum atomic E-state index is 12.9. The molecule has 5 nitrogen and oxygen atoms in total. The van der Waals surface area contributed by atoms with Crippen LogP contribution in [0.5, 0.6) is 5.75 Å². The highest BCUT2D eigenvalue weighted by Gasteiger charge is 2.54. The van der Waals surface area contributed by atoms with E-state index < -0.39 is 5.41 Å². The Labute approximate surface area is 157 Å². The average Bonchev–Trinajstić information content (AvgIpc) is 3.20. The maximum Gasteiger partial charge on any atom is 0.260 e. The second kappa shape index (κ2) is 6.32. The molecule has 1 spiro atoms. The third-order valence-electron chi connectivity index (χ3n) is 5.29. The van der Waals surface area contributed by atoms with Crippen molar-refractivity contribution in [3.63, 3.8) is 0 Å². The number of hydrogen-bond donors (Lipinski definition) is 0. The van der Waals surface area contributed by atoms with E-state index in [1.807, 2.05) is 24.3 Å². The standard InChI is InChI=1S/C20H19ClN2O3/c1-22-17-5-3-2-4-16(17)20(19(22)25)10-11-23(13-20)18(24)12-26-15-8-6-14(21)7-9-15/h2-9H,10-13H2,1H3. The minimum absolute atomic E-state index is 0.0522. The Bertz CT molecular complexity index is 868. The van der Waals surface area contributed by atoms with Crippen LogP contribution in [0.25, 0.3) is 0 Å². The van der Waals surface area contributed by atoms with Crippen molar-refractivity contribution in [1.82, 2.24) is 4.90 Å². The summed E-state index contributed by atoms with van der Waals surface area (Å²) < 4.78 is 5.56. The number of carbonyl (C=O) groups excluding carboxylic acids is 2. The molecule has 26 heavy (non-hydrogen) atoms. The fourth-order valence-corrected chi connectivity index (χ4v) is 4.03. The SMILES string of the molecule is CN1C(=O)C2(CCN(C(=O)COc3ccc(Cl)cc3)C2)c2ccccc21. The van der Waals surface area contributed by atoms with Crippen LogP contribution in [-0.4, -0.2) is 43.5 Å². The molecule has 0 bridgehead atoms. The zero-order valence-corrected chi connectivity index (χ0v) is 15.2. The Morgan fingerprint density at radius 1 is 1.19 bits per heavy atom. The van der Waals surface area contributed by atoms with E-state index in [1.54, 1.807) is 41.1 Å². The van der Waals surface area contributed by atoms with E-state index in [1.165, 1.54) is 0 Å². The average molecular weight is 371 g/mol. The molecule has 4 rings (SSSR count). The first-order chi connectivity index (χ1) is 12.5. The summed E-state index contributed by atoms with van der Waals surface area (Å²) in [4.78, 5) is 28.9. The lowest BCUT2D eigenvalue weighted by atomic mass is 9.81. The van der Waals surface area contributed by atoms with E-state index in [0.717, 1.165) is 11.3 Å². The largest absolute Gasteiger partial charge is 0.484 e.